The van der Waals surface area contributed by atoms with Crippen LogP contribution in [0.25, 0.3) is 0 Å². The second-order valence-corrected chi connectivity index (χ2v) is 8.22. The van der Waals surface area contributed by atoms with E-state index in [1.165, 1.54) is 68.1 Å². The first-order valence-corrected chi connectivity index (χ1v) is 10.0. The Kier molecular flexibility index (Phi) is 5.83. The fraction of sp³-hybridized carbons (Fsp3) is 0.750. The summed E-state index contributed by atoms with van der Waals surface area (Å²) < 4.78 is 0. The van der Waals surface area contributed by atoms with E-state index in [4.69, 9.17) is 0 Å². The van der Waals surface area contributed by atoms with E-state index in [1.54, 1.807) is 10.4 Å². The van der Waals surface area contributed by atoms with Crippen molar-refractivity contribution in [3.05, 3.63) is 21.4 Å². The Morgan fingerprint density at radius 2 is 2.10 bits per heavy atom. The predicted octanol–water partition coefficient (Wildman–Crippen LogP) is 3.50. The topological polar surface area (TPSA) is 15.3 Å². The molecule has 20 heavy (non-hydrogen) atoms. The molecule has 1 fully saturated rings. The highest BCUT2D eigenvalue weighted by molar-refractivity contribution is 7.98. The van der Waals surface area contributed by atoms with E-state index < -0.39 is 0 Å². The summed E-state index contributed by atoms with van der Waals surface area (Å²) >= 11 is 4.11. The number of fused-ring (bicyclic) bond motifs is 1. The number of thioether (sulfide) groups is 1. The average molecular weight is 311 g/mol. The van der Waals surface area contributed by atoms with Crippen LogP contribution in [0.2, 0.25) is 0 Å². The van der Waals surface area contributed by atoms with Crippen molar-refractivity contribution >= 4 is 23.1 Å². The van der Waals surface area contributed by atoms with Gasteiger partial charge in [0.05, 0.1) is 0 Å². The van der Waals surface area contributed by atoms with E-state index in [9.17, 15) is 0 Å². The van der Waals surface area contributed by atoms with Gasteiger partial charge in [-0.25, -0.2) is 0 Å². The fourth-order valence-electron chi connectivity index (χ4n) is 3.12. The molecule has 1 aromatic heterocycles. The number of nitrogens with zero attached hydrogens (tertiary/aromatic N) is 1. The van der Waals surface area contributed by atoms with Crippen LogP contribution in [0.5, 0.6) is 0 Å². The van der Waals surface area contributed by atoms with Crippen molar-refractivity contribution in [3.8, 4) is 0 Å². The van der Waals surface area contributed by atoms with Crippen LogP contribution in [0.15, 0.2) is 6.07 Å². The second-order valence-electron chi connectivity index (χ2n) is 5.90. The lowest BCUT2D eigenvalue weighted by Crippen LogP contribution is -2.32. The highest BCUT2D eigenvalue weighted by Crippen LogP contribution is 2.31. The minimum atomic E-state index is 1.07. The van der Waals surface area contributed by atoms with Gasteiger partial charge in [0.15, 0.2) is 0 Å². The zero-order valence-electron chi connectivity index (χ0n) is 12.3. The SMILES string of the molecule is c1c(CNCCCN2CCCCC2)sc2c1CSCC2. The molecule has 0 radical (unpaired) electrons. The van der Waals surface area contributed by atoms with E-state index in [-0.39, 0.29) is 0 Å². The zero-order valence-corrected chi connectivity index (χ0v) is 14.0. The molecule has 0 unspecified atom stereocenters. The van der Waals surface area contributed by atoms with Gasteiger partial charge in [0, 0.05) is 22.1 Å². The molecule has 3 heterocycles. The number of thiophene rings is 1. The Balaban J connectivity index is 1.32. The van der Waals surface area contributed by atoms with Gasteiger partial charge in [0.2, 0.25) is 0 Å². The van der Waals surface area contributed by atoms with Crippen molar-refractivity contribution < 1.29 is 0 Å². The van der Waals surface area contributed by atoms with Crippen LogP contribution >= 0.6 is 23.1 Å². The third-order valence-corrected chi connectivity index (χ3v) is 6.50. The standard InChI is InChI=1S/C16H26N2S2/c1-2-7-18(8-3-1)9-4-6-17-12-15-11-14-13-19-10-5-16(14)20-15/h11,17H,1-10,12-13H2. The number of piperidine rings is 1. The second kappa shape index (κ2) is 7.83. The Morgan fingerprint density at radius 3 is 2.95 bits per heavy atom. The lowest BCUT2D eigenvalue weighted by molar-refractivity contribution is 0.226. The van der Waals surface area contributed by atoms with Gasteiger partial charge in [-0.05, 0) is 69.2 Å². The first-order chi connectivity index (χ1) is 9.92. The average Bonchev–Trinajstić information content (AvgIpc) is 2.90. The summed E-state index contributed by atoms with van der Waals surface area (Å²) in [6.45, 7) is 6.17. The first-order valence-electron chi connectivity index (χ1n) is 8.03. The van der Waals surface area contributed by atoms with Crippen LogP contribution < -0.4 is 5.32 Å². The zero-order chi connectivity index (χ0) is 13.6. The van der Waals surface area contributed by atoms with Crippen LogP contribution in [0.4, 0.5) is 0 Å². The summed E-state index contributed by atoms with van der Waals surface area (Å²) in [4.78, 5) is 5.82. The molecule has 2 nitrogen and oxygen atoms in total. The molecular weight excluding hydrogens is 284 g/mol. The van der Waals surface area contributed by atoms with Crippen LogP contribution in [-0.4, -0.2) is 36.8 Å². The highest BCUT2D eigenvalue weighted by Gasteiger charge is 2.13. The molecule has 0 aliphatic carbocycles. The summed E-state index contributed by atoms with van der Waals surface area (Å²) in [7, 11) is 0. The molecule has 0 amide bonds. The maximum absolute atomic E-state index is 3.63. The smallest absolute Gasteiger partial charge is 0.0299 e. The van der Waals surface area contributed by atoms with Crippen LogP contribution in [0.3, 0.4) is 0 Å². The number of aryl methyl sites for hydroxylation is 1. The fourth-order valence-corrected chi connectivity index (χ4v) is 5.47. The summed E-state index contributed by atoms with van der Waals surface area (Å²) in [5.41, 5.74) is 1.61. The van der Waals surface area contributed by atoms with Crippen LogP contribution in [0, 0.1) is 0 Å². The number of hydrogen-bond acceptors (Lipinski definition) is 4. The van der Waals surface area contributed by atoms with Gasteiger partial charge in [-0.3, -0.25) is 0 Å². The minimum absolute atomic E-state index is 1.07. The van der Waals surface area contributed by atoms with E-state index in [0.29, 0.717) is 0 Å². The molecule has 2 aliphatic rings. The molecule has 0 bridgehead atoms. The van der Waals surface area contributed by atoms with Crippen molar-refractivity contribution in [3.63, 3.8) is 0 Å². The number of rotatable bonds is 6. The third-order valence-electron chi connectivity index (χ3n) is 4.25. The predicted molar refractivity (Wildman–Crippen MR) is 90.8 cm³/mol. The molecule has 0 saturated carbocycles. The first kappa shape index (κ1) is 14.9. The molecule has 0 aromatic carbocycles. The van der Waals surface area contributed by atoms with Gasteiger partial charge < -0.3 is 10.2 Å². The van der Waals surface area contributed by atoms with Gasteiger partial charge in [-0.2, -0.15) is 11.8 Å². The van der Waals surface area contributed by atoms with Crippen LogP contribution in [0.1, 0.15) is 41.0 Å². The number of nitrogens with one attached hydrogen (secondary N) is 1. The molecule has 112 valence electrons. The maximum atomic E-state index is 3.63. The van der Waals surface area contributed by atoms with Crippen molar-refractivity contribution in [2.45, 2.75) is 44.4 Å². The molecule has 0 atom stereocenters. The minimum Gasteiger partial charge on any atom is -0.312 e. The third kappa shape index (κ3) is 4.23. The Hall–Kier alpha value is -0.0300. The molecule has 1 saturated heterocycles. The van der Waals surface area contributed by atoms with Gasteiger partial charge in [0.1, 0.15) is 0 Å². The molecule has 2 aliphatic heterocycles. The summed E-state index contributed by atoms with van der Waals surface area (Å²) in [6, 6.07) is 2.43. The molecular formula is C16H26N2S2. The largest absolute Gasteiger partial charge is 0.312 e. The Labute approximate surface area is 131 Å². The van der Waals surface area contributed by atoms with Gasteiger partial charge in [-0.1, -0.05) is 6.42 Å². The van der Waals surface area contributed by atoms with Crippen molar-refractivity contribution in [1.29, 1.82) is 0 Å². The lowest BCUT2D eigenvalue weighted by atomic mass is 10.1. The summed E-state index contributed by atoms with van der Waals surface area (Å²) in [5, 5.41) is 3.63. The molecule has 4 heteroatoms. The van der Waals surface area contributed by atoms with Gasteiger partial charge >= 0.3 is 0 Å². The lowest BCUT2D eigenvalue weighted by Gasteiger charge is -2.26. The van der Waals surface area contributed by atoms with Crippen LogP contribution in [-0.2, 0) is 18.7 Å². The molecule has 1 aromatic rings. The van der Waals surface area contributed by atoms with E-state index >= 15 is 0 Å². The normalized spacial score (nSPS) is 20.0. The Morgan fingerprint density at radius 1 is 1.20 bits per heavy atom. The van der Waals surface area contributed by atoms with Crippen molar-refractivity contribution in [2.24, 2.45) is 0 Å². The monoisotopic (exact) mass is 310 g/mol. The van der Waals surface area contributed by atoms with E-state index in [2.05, 4.69) is 28.0 Å². The maximum Gasteiger partial charge on any atom is 0.0299 e. The van der Waals surface area contributed by atoms with Crippen molar-refractivity contribution in [1.82, 2.24) is 10.2 Å². The van der Waals surface area contributed by atoms with Gasteiger partial charge in [-0.15, -0.1) is 11.3 Å². The molecule has 3 rings (SSSR count). The van der Waals surface area contributed by atoms with Gasteiger partial charge in [0.25, 0.3) is 0 Å². The van der Waals surface area contributed by atoms with Crippen molar-refractivity contribution in [2.75, 3.05) is 31.9 Å². The summed E-state index contributed by atoms with van der Waals surface area (Å²) in [6.07, 6.45) is 6.84. The Bertz CT molecular complexity index is 387. The number of hydrogen-bond donors (Lipinski definition) is 1. The summed E-state index contributed by atoms with van der Waals surface area (Å²) in [5.74, 6) is 2.55. The highest BCUT2D eigenvalue weighted by atomic mass is 32.2. The molecule has 0 spiro atoms. The van der Waals surface area contributed by atoms with E-state index in [1.807, 2.05) is 11.3 Å². The van der Waals surface area contributed by atoms with E-state index in [0.717, 1.165) is 13.1 Å². The number of likely N-dealkylation sites (tertiary alicyclic amines) is 1. The molecule has 1 N–H and O–H groups in total. The quantitative estimate of drug-likeness (QED) is 0.810.